The lowest BCUT2D eigenvalue weighted by Crippen LogP contribution is -3.17. The maximum atomic E-state index is 11.9. The van der Waals surface area contributed by atoms with E-state index in [0.29, 0.717) is 13.2 Å². The molecule has 0 spiro atoms. The van der Waals surface area contributed by atoms with Crippen molar-refractivity contribution in [2.24, 2.45) is 0 Å². The number of piperidine rings is 1. The third-order valence-corrected chi connectivity index (χ3v) is 3.24. The Kier molecular flexibility index (Phi) is 6.72. The second-order valence-corrected chi connectivity index (χ2v) is 4.53. The average molecular weight is 258 g/mol. The van der Waals surface area contributed by atoms with Gasteiger partial charge >= 0.3 is 11.9 Å². The highest BCUT2D eigenvalue weighted by molar-refractivity contribution is 5.81. The molecular weight excluding hydrogens is 234 g/mol. The van der Waals surface area contributed by atoms with E-state index in [9.17, 15) is 9.59 Å². The minimum atomic E-state index is -0.399. The first kappa shape index (κ1) is 15.0. The number of hydrogen-bond acceptors (Lipinski definition) is 4. The standard InChI is InChI=1S/C13H23NO4/c1-3-17-12(15)10-11(13(16)18-4-2)14-8-6-5-7-9-14/h11H,3-10H2,1-2H3/p+1/t11-/m1/s1. The molecule has 0 saturated carbocycles. The molecule has 5 nitrogen and oxygen atoms in total. The Bertz CT molecular complexity index is 274. The normalized spacial score (nSPS) is 18.1. The fourth-order valence-electron chi connectivity index (χ4n) is 2.38. The minimum Gasteiger partial charge on any atom is -0.466 e. The smallest absolute Gasteiger partial charge is 0.365 e. The first-order valence-corrected chi connectivity index (χ1v) is 6.85. The molecule has 1 rings (SSSR count). The molecule has 0 unspecified atom stereocenters. The summed E-state index contributed by atoms with van der Waals surface area (Å²) in [7, 11) is 0. The number of carbonyl (C=O) groups is 2. The molecule has 1 fully saturated rings. The van der Waals surface area contributed by atoms with Crippen LogP contribution < -0.4 is 4.90 Å². The van der Waals surface area contributed by atoms with Gasteiger partial charge in [-0.3, -0.25) is 4.79 Å². The predicted molar refractivity (Wildman–Crippen MR) is 66.2 cm³/mol. The van der Waals surface area contributed by atoms with Gasteiger partial charge in [0.05, 0.1) is 26.3 Å². The Hall–Kier alpha value is -1.10. The van der Waals surface area contributed by atoms with Gasteiger partial charge in [-0.05, 0) is 33.1 Å². The van der Waals surface area contributed by atoms with Crippen LogP contribution in [-0.4, -0.2) is 44.3 Å². The van der Waals surface area contributed by atoms with Gasteiger partial charge in [-0.15, -0.1) is 0 Å². The van der Waals surface area contributed by atoms with Crippen molar-refractivity contribution in [2.75, 3.05) is 26.3 Å². The van der Waals surface area contributed by atoms with Crippen LogP contribution in [0.4, 0.5) is 0 Å². The summed E-state index contributed by atoms with van der Waals surface area (Å²) in [6.07, 6.45) is 3.54. The van der Waals surface area contributed by atoms with Crippen molar-refractivity contribution in [3.8, 4) is 0 Å². The van der Waals surface area contributed by atoms with Crippen LogP contribution in [0.1, 0.15) is 39.5 Å². The van der Waals surface area contributed by atoms with Crippen molar-refractivity contribution in [3.63, 3.8) is 0 Å². The molecule has 0 aromatic carbocycles. The molecule has 1 aliphatic rings. The number of quaternary nitrogens is 1. The first-order valence-electron chi connectivity index (χ1n) is 6.85. The number of likely N-dealkylation sites (tertiary alicyclic amines) is 1. The molecule has 104 valence electrons. The lowest BCUT2D eigenvalue weighted by Gasteiger charge is -2.29. The molecular formula is C13H24NO4+. The van der Waals surface area contributed by atoms with Gasteiger partial charge in [0, 0.05) is 0 Å². The van der Waals surface area contributed by atoms with E-state index in [4.69, 9.17) is 9.47 Å². The minimum absolute atomic E-state index is 0.127. The summed E-state index contributed by atoms with van der Waals surface area (Å²) in [4.78, 5) is 24.7. The summed E-state index contributed by atoms with van der Waals surface area (Å²) in [6.45, 7) is 6.12. The molecule has 0 radical (unpaired) electrons. The van der Waals surface area contributed by atoms with Crippen LogP contribution in [-0.2, 0) is 19.1 Å². The fourth-order valence-corrected chi connectivity index (χ4v) is 2.38. The van der Waals surface area contributed by atoms with E-state index in [0.717, 1.165) is 30.8 Å². The molecule has 0 aromatic heterocycles. The van der Waals surface area contributed by atoms with Crippen LogP contribution in [0.3, 0.4) is 0 Å². The van der Waals surface area contributed by atoms with E-state index in [1.807, 2.05) is 0 Å². The molecule has 1 atom stereocenters. The molecule has 0 aliphatic carbocycles. The maximum absolute atomic E-state index is 11.9. The number of carbonyl (C=O) groups excluding carboxylic acids is 2. The highest BCUT2D eigenvalue weighted by Gasteiger charge is 2.34. The van der Waals surface area contributed by atoms with Gasteiger partial charge in [0.2, 0.25) is 0 Å². The fraction of sp³-hybridized carbons (Fsp3) is 0.846. The van der Waals surface area contributed by atoms with Gasteiger partial charge in [-0.25, -0.2) is 4.79 Å². The van der Waals surface area contributed by atoms with Crippen molar-refractivity contribution in [2.45, 2.75) is 45.6 Å². The number of esters is 2. The lowest BCUT2D eigenvalue weighted by atomic mass is 10.1. The second kappa shape index (κ2) is 8.08. The molecule has 0 bridgehead atoms. The summed E-state index contributed by atoms with van der Waals surface area (Å²) in [5, 5.41) is 0. The lowest BCUT2D eigenvalue weighted by molar-refractivity contribution is -0.921. The molecule has 18 heavy (non-hydrogen) atoms. The van der Waals surface area contributed by atoms with Gasteiger partial charge in [0.25, 0.3) is 0 Å². The number of hydrogen-bond donors (Lipinski definition) is 1. The van der Waals surface area contributed by atoms with Crippen LogP contribution in [0.5, 0.6) is 0 Å². The third kappa shape index (κ3) is 4.64. The second-order valence-electron chi connectivity index (χ2n) is 4.53. The van der Waals surface area contributed by atoms with Crippen molar-refractivity contribution < 1.29 is 24.0 Å². The molecule has 1 heterocycles. The van der Waals surface area contributed by atoms with Gasteiger partial charge in [0.15, 0.2) is 6.04 Å². The Balaban J connectivity index is 2.61. The molecule has 1 aliphatic heterocycles. The Morgan fingerprint density at radius 2 is 1.67 bits per heavy atom. The SMILES string of the molecule is CCOC(=O)C[C@H](C(=O)OCC)[NH+]1CCCCC1. The van der Waals surface area contributed by atoms with E-state index in [1.54, 1.807) is 13.8 Å². The van der Waals surface area contributed by atoms with E-state index in [2.05, 4.69) is 0 Å². The van der Waals surface area contributed by atoms with Gasteiger partial charge in [0.1, 0.15) is 6.42 Å². The van der Waals surface area contributed by atoms with Gasteiger partial charge in [-0.2, -0.15) is 0 Å². The summed E-state index contributed by atoms with van der Waals surface area (Å²) in [6, 6.07) is -0.399. The van der Waals surface area contributed by atoms with Crippen molar-refractivity contribution in [3.05, 3.63) is 0 Å². The van der Waals surface area contributed by atoms with Crippen molar-refractivity contribution >= 4 is 11.9 Å². The molecule has 5 heteroatoms. The zero-order valence-electron chi connectivity index (χ0n) is 11.4. The monoisotopic (exact) mass is 258 g/mol. The highest BCUT2D eigenvalue weighted by Crippen LogP contribution is 2.01. The van der Waals surface area contributed by atoms with Crippen molar-refractivity contribution in [1.82, 2.24) is 0 Å². The Labute approximate surface area is 108 Å². The van der Waals surface area contributed by atoms with Gasteiger partial charge in [-0.1, -0.05) is 0 Å². The zero-order chi connectivity index (χ0) is 13.4. The van der Waals surface area contributed by atoms with E-state index >= 15 is 0 Å². The summed E-state index contributed by atoms with van der Waals surface area (Å²) in [5.41, 5.74) is 0. The largest absolute Gasteiger partial charge is 0.466 e. The zero-order valence-corrected chi connectivity index (χ0v) is 11.4. The van der Waals surface area contributed by atoms with Crippen LogP contribution in [0.25, 0.3) is 0 Å². The van der Waals surface area contributed by atoms with E-state index in [-0.39, 0.29) is 18.4 Å². The number of nitrogens with one attached hydrogen (secondary N) is 1. The molecule has 1 saturated heterocycles. The van der Waals surface area contributed by atoms with E-state index < -0.39 is 6.04 Å². The van der Waals surface area contributed by atoms with Crippen LogP contribution in [0.15, 0.2) is 0 Å². The highest BCUT2D eigenvalue weighted by atomic mass is 16.5. The maximum Gasteiger partial charge on any atom is 0.365 e. The first-order chi connectivity index (χ1) is 8.69. The average Bonchev–Trinajstić information content (AvgIpc) is 2.37. The summed E-state index contributed by atoms with van der Waals surface area (Å²) in [5.74, 6) is -0.587. The topological polar surface area (TPSA) is 57.0 Å². The third-order valence-electron chi connectivity index (χ3n) is 3.24. The van der Waals surface area contributed by atoms with Crippen LogP contribution >= 0.6 is 0 Å². The predicted octanol–water partition coefficient (Wildman–Crippen LogP) is -0.0599. The van der Waals surface area contributed by atoms with Crippen molar-refractivity contribution in [1.29, 1.82) is 0 Å². The van der Waals surface area contributed by atoms with Crippen LogP contribution in [0.2, 0.25) is 0 Å². The quantitative estimate of drug-likeness (QED) is 0.678. The number of rotatable bonds is 6. The van der Waals surface area contributed by atoms with E-state index in [1.165, 1.54) is 6.42 Å². The Morgan fingerprint density at radius 1 is 1.06 bits per heavy atom. The summed E-state index contributed by atoms with van der Waals surface area (Å²) >= 11 is 0. The molecule has 0 aromatic rings. The summed E-state index contributed by atoms with van der Waals surface area (Å²) < 4.78 is 10.0. The molecule has 0 amide bonds. The Morgan fingerprint density at radius 3 is 2.22 bits per heavy atom. The number of ether oxygens (including phenoxy) is 2. The van der Waals surface area contributed by atoms with Crippen LogP contribution in [0, 0.1) is 0 Å². The van der Waals surface area contributed by atoms with Gasteiger partial charge < -0.3 is 14.4 Å². The molecule has 1 N–H and O–H groups in total.